The molecular weight excluding hydrogens is 139 g/mol. The van der Waals surface area contributed by atoms with Gasteiger partial charge in [-0.15, -0.1) is 0 Å². The van der Waals surface area contributed by atoms with Crippen LogP contribution >= 0.6 is 0 Å². The normalized spacial score (nSPS) is 27.2. The zero-order chi connectivity index (χ0) is 9.52. The molecular formula is C10H15F. The maximum absolute atomic E-state index is 13.3. The number of hydrogen-bond acceptors (Lipinski definition) is 0. The quantitative estimate of drug-likeness (QED) is 0.503. The zero-order valence-electron chi connectivity index (χ0n) is 8.53. The van der Waals surface area contributed by atoms with Crippen molar-refractivity contribution < 1.29 is 5.76 Å². The number of hydrogen-bond donors (Lipinski definition) is 0. The molecule has 1 heteroatoms. The Labute approximate surface area is 69.2 Å². The maximum Gasteiger partial charge on any atom is 0.141 e. The van der Waals surface area contributed by atoms with Gasteiger partial charge in [-0.1, -0.05) is 26.8 Å². The summed E-state index contributed by atoms with van der Waals surface area (Å²) in [4.78, 5) is 0. The van der Waals surface area contributed by atoms with Crippen molar-refractivity contribution in [2.75, 3.05) is 0 Å². The van der Waals surface area contributed by atoms with E-state index in [0.29, 0.717) is 6.05 Å². The molecule has 0 fully saturated rings. The van der Waals surface area contributed by atoms with Gasteiger partial charge in [-0.05, 0) is 29.6 Å². The van der Waals surface area contributed by atoms with E-state index in [1.54, 1.807) is 0 Å². The van der Waals surface area contributed by atoms with Crippen molar-refractivity contribution in [3.05, 3.63) is 23.3 Å². The van der Waals surface area contributed by atoms with Crippen LogP contribution in [-0.2, 0) is 0 Å². The predicted molar refractivity (Wildman–Crippen MR) is 46.2 cm³/mol. The largest absolute Gasteiger partial charge is 0.238 e. The number of allylic oxidation sites excluding steroid dienone is 4. The first-order valence-electron chi connectivity index (χ1n) is 4.38. The van der Waals surface area contributed by atoms with Crippen LogP contribution < -0.4 is 0 Å². The van der Waals surface area contributed by atoms with Gasteiger partial charge in [0.25, 0.3) is 0 Å². The molecule has 0 saturated heterocycles. The lowest BCUT2D eigenvalue weighted by Crippen LogP contribution is -2.16. The highest BCUT2D eigenvalue weighted by atomic mass is 19.1. The molecule has 1 unspecified atom stereocenters. The molecule has 0 aromatic heterocycles. The SMILES string of the molecule is [2H]C1=CC(F)C(C(C)(C)C)=C1C. The van der Waals surface area contributed by atoms with Gasteiger partial charge in [0.1, 0.15) is 6.17 Å². The van der Waals surface area contributed by atoms with Crippen LogP contribution in [-0.4, -0.2) is 6.17 Å². The molecule has 0 aromatic rings. The first-order valence-corrected chi connectivity index (χ1v) is 3.88. The van der Waals surface area contributed by atoms with E-state index in [1.807, 2.05) is 27.7 Å². The van der Waals surface area contributed by atoms with E-state index < -0.39 is 6.17 Å². The third-order valence-corrected chi connectivity index (χ3v) is 1.93. The third kappa shape index (κ3) is 1.52. The molecule has 0 radical (unpaired) electrons. The van der Waals surface area contributed by atoms with Gasteiger partial charge >= 0.3 is 0 Å². The van der Waals surface area contributed by atoms with E-state index in [1.165, 1.54) is 6.08 Å². The lowest BCUT2D eigenvalue weighted by Gasteiger charge is -2.23. The van der Waals surface area contributed by atoms with Crippen LogP contribution in [0.3, 0.4) is 0 Å². The summed E-state index contributed by atoms with van der Waals surface area (Å²) in [6.07, 6.45) is 0.327. The molecule has 0 bridgehead atoms. The van der Waals surface area contributed by atoms with Gasteiger partial charge in [0.2, 0.25) is 0 Å². The smallest absolute Gasteiger partial charge is 0.141 e. The van der Waals surface area contributed by atoms with Gasteiger partial charge in [-0.25, -0.2) is 4.39 Å². The van der Waals surface area contributed by atoms with Crippen molar-refractivity contribution in [2.45, 2.75) is 33.9 Å². The highest BCUT2D eigenvalue weighted by molar-refractivity contribution is 5.39. The van der Waals surface area contributed by atoms with Crippen LogP contribution in [0.4, 0.5) is 4.39 Å². The molecule has 1 rings (SSSR count). The lowest BCUT2D eigenvalue weighted by molar-refractivity contribution is 0.369. The van der Waals surface area contributed by atoms with Crippen LogP contribution in [0.5, 0.6) is 0 Å². The molecule has 11 heavy (non-hydrogen) atoms. The minimum absolute atomic E-state index is 0.164. The summed E-state index contributed by atoms with van der Waals surface area (Å²) in [5, 5.41) is 0. The second kappa shape index (κ2) is 2.47. The summed E-state index contributed by atoms with van der Waals surface area (Å²) in [5.74, 6) is 0. The molecule has 0 amide bonds. The molecule has 0 heterocycles. The number of alkyl halides is 1. The fraction of sp³-hybridized carbons (Fsp3) is 0.600. The zero-order valence-corrected chi connectivity index (χ0v) is 7.53. The minimum atomic E-state index is -1.04. The average Bonchev–Trinajstić information content (AvgIpc) is 2.05. The Morgan fingerprint density at radius 1 is 1.55 bits per heavy atom. The summed E-state index contributed by atoms with van der Waals surface area (Å²) < 4.78 is 20.8. The average molecular weight is 155 g/mol. The maximum atomic E-state index is 13.3. The van der Waals surface area contributed by atoms with Crippen molar-refractivity contribution in [2.24, 2.45) is 5.41 Å². The van der Waals surface area contributed by atoms with Crippen LogP contribution in [0, 0.1) is 5.41 Å². The van der Waals surface area contributed by atoms with E-state index in [4.69, 9.17) is 1.37 Å². The van der Waals surface area contributed by atoms with Gasteiger partial charge in [0.15, 0.2) is 0 Å². The second-order valence-electron chi connectivity index (χ2n) is 4.00. The van der Waals surface area contributed by atoms with Crippen LogP contribution in [0.2, 0.25) is 0 Å². The summed E-state index contributed by atoms with van der Waals surface area (Å²) in [6.45, 7) is 7.75. The molecule has 0 nitrogen and oxygen atoms in total. The van der Waals surface area contributed by atoms with Crippen LogP contribution in [0.1, 0.15) is 29.1 Å². The Balaban J connectivity index is 3.09. The van der Waals surface area contributed by atoms with Gasteiger partial charge in [0.05, 0.1) is 1.37 Å². The van der Waals surface area contributed by atoms with E-state index in [0.717, 1.165) is 11.1 Å². The molecule has 62 valence electrons. The minimum Gasteiger partial charge on any atom is -0.238 e. The molecule has 0 spiro atoms. The van der Waals surface area contributed by atoms with Crippen molar-refractivity contribution in [3.8, 4) is 0 Å². The number of rotatable bonds is 0. The standard InChI is InChI=1S/C10H15F/c1-7-5-6-8(11)9(7)10(2,3)4/h5-6,8H,1-4H3/i5D. The van der Waals surface area contributed by atoms with Crippen molar-refractivity contribution >= 4 is 0 Å². The molecule has 0 N–H and O–H groups in total. The molecule has 0 saturated carbocycles. The predicted octanol–water partition coefficient (Wildman–Crippen LogP) is 3.26. The Morgan fingerprint density at radius 2 is 2.09 bits per heavy atom. The topological polar surface area (TPSA) is 0 Å². The summed E-state index contributed by atoms with van der Waals surface area (Å²) in [6, 6.07) is 0.340. The highest BCUT2D eigenvalue weighted by Gasteiger charge is 2.27. The lowest BCUT2D eigenvalue weighted by atomic mass is 9.83. The van der Waals surface area contributed by atoms with E-state index >= 15 is 0 Å². The molecule has 0 aliphatic heterocycles. The molecule has 1 aliphatic carbocycles. The van der Waals surface area contributed by atoms with E-state index in [2.05, 4.69) is 0 Å². The van der Waals surface area contributed by atoms with Gasteiger partial charge < -0.3 is 0 Å². The van der Waals surface area contributed by atoms with E-state index in [-0.39, 0.29) is 5.41 Å². The summed E-state index contributed by atoms with van der Waals surface area (Å²) in [5.41, 5.74) is 1.39. The Morgan fingerprint density at radius 3 is 2.27 bits per heavy atom. The molecule has 1 aliphatic rings. The monoisotopic (exact) mass is 155 g/mol. The Hall–Kier alpha value is -0.590. The third-order valence-electron chi connectivity index (χ3n) is 1.93. The fourth-order valence-corrected chi connectivity index (χ4v) is 1.54. The molecule has 1 atom stereocenters. The first-order chi connectivity index (χ1) is 5.34. The van der Waals surface area contributed by atoms with Crippen LogP contribution in [0.25, 0.3) is 0 Å². The van der Waals surface area contributed by atoms with E-state index in [9.17, 15) is 4.39 Å². The van der Waals surface area contributed by atoms with Gasteiger partial charge in [-0.3, -0.25) is 0 Å². The Bertz CT molecular complexity index is 256. The summed E-state index contributed by atoms with van der Waals surface area (Å²) >= 11 is 0. The van der Waals surface area contributed by atoms with Crippen LogP contribution in [0.15, 0.2) is 23.3 Å². The van der Waals surface area contributed by atoms with Gasteiger partial charge in [0, 0.05) is 0 Å². The highest BCUT2D eigenvalue weighted by Crippen LogP contribution is 2.36. The fourth-order valence-electron chi connectivity index (χ4n) is 1.54. The van der Waals surface area contributed by atoms with Crippen molar-refractivity contribution in [1.82, 2.24) is 0 Å². The molecule has 0 aromatic carbocycles. The van der Waals surface area contributed by atoms with Gasteiger partial charge in [-0.2, -0.15) is 0 Å². The Kier molecular flexibility index (Phi) is 1.59. The van der Waals surface area contributed by atoms with Crippen molar-refractivity contribution in [3.63, 3.8) is 0 Å². The number of halogens is 1. The van der Waals surface area contributed by atoms with Crippen molar-refractivity contribution in [1.29, 1.82) is 0 Å². The summed E-state index contributed by atoms with van der Waals surface area (Å²) in [7, 11) is 0. The second-order valence-corrected chi connectivity index (χ2v) is 4.00. The first kappa shape index (κ1) is 7.08.